The fourth-order valence-electron chi connectivity index (χ4n) is 4.08. The Kier molecular flexibility index (Phi) is 8.54. The molecule has 2 heterocycles. The zero-order valence-corrected chi connectivity index (χ0v) is 19.4. The van der Waals surface area contributed by atoms with Crippen molar-refractivity contribution in [3.63, 3.8) is 0 Å². The molecule has 0 spiro atoms. The molecule has 3 N–H and O–H groups in total. The van der Waals surface area contributed by atoms with Crippen LogP contribution in [0.4, 0.5) is 16.2 Å². The minimum Gasteiger partial charge on any atom is -0.478 e. The maximum Gasteiger partial charge on any atom is 0.327 e. The van der Waals surface area contributed by atoms with Crippen LogP contribution in [0.2, 0.25) is 0 Å². The number of allylic oxidation sites excluding steroid dienone is 1. The molecular formula is C26H29N5O3. The molecule has 8 nitrogen and oxygen atoms in total. The van der Waals surface area contributed by atoms with E-state index in [0.717, 1.165) is 37.6 Å². The van der Waals surface area contributed by atoms with E-state index in [4.69, 9.17) is 15.4 Å². The van der Waals surface area contributed by atoms with Gasteiger partial charge in [-0.05, 0) is 62.7 Å². The zero-order chi connectivity index (χ0) is 24.5. The van der Waals surface area contributed by atoms with Crippen molar-refractivity contribution in [2.75, 3.05) is 18.9 Å². The number of carbonyl (C=O) groups is 2. The van der Waals surface area contributed by atoms with Crippen molar-refractivity contribution in [1.29, 1.82) is 5.26 Å². The molecule has 1 saturated heterocycles. The molecule has 4 rings (SSSR count). The van der Waals surface area contributed by atoms with E-state index < -0.39 is 5.97 Å². The van der Waals surface area contributed by atoms with E-state index in [1.165, 1.54) is 17.4 Å². The predicted octanol–water partition coefficient (Wildman–Crippen LogP) is 4.12. The maximum absolute atomic E-state index is 12.4. The van der Waals surface area contributed by atoms with E-state index in [2.05, 4.69) is 46.8 Å². The highest BCUT2D eigenvalue weighted by Crippen LogP contribution is 2.30. The first-order valence-corrected chi connectivity index (χ1v) is 11.2. The molecule has 176 valence electrons. The predicted molar refractivity (Wildman–Crippen MR) is 132 cm³/mol. The molecule has 34 heavy (non-hydrogen) atoms. The summed E-state index contributed by atoms with van der Waals surface area (Å²) in [6.45, 7) is 2.58. The van der Waals surface area contributed by atoms with Crippen LogP contribution in [0.5, 0.6) is 0 Å². The van der Waals surface area contributed by atoms with E-state index in [1.54, 1.807) is 31.2 Å². The Bertz CT molecular complexity index is 1120. The number of nitriles is 1. The summed E-state index contributed by atoms with van der Waals surface area (Å²) in [5.41, 5.74) is 4.78. The summed E-state index contributed by atoms with van der Waals surface area (Å²) < 4.78 is 0. The molecule has 2 aromatic rings. The van der Waals surface area contributed by atoms with Gasteiger partial charge in [0, 0.05) is 36.5 Å². The van der Waals surface area contributed by atoms with E-state index in [0.29, 0.717) is 11.3 Å². The van der Waals surface area contributed by atoms with Crippen LogP contribution < -0.4 is 10.6 Å². The van der Waals surface area contributed by atoms with Gasteiger partial charge in [-0.2, -0.15) is 5.26 Å². The average Bonchev–Trinajstić information content (AvgIpc) is 3.25. The van der Waals surface area contributed by atoms with E-state index >= 15 is 0 Å². The van der Waals surface area contributed by atoms with Crippen molar-refractivity contribution in [3.8, 4) is 6.07 Å². The number of nitrogens with zero attached hydrogens (tertiary/aromatic N) is 3. The third-order valence-corrected chi connectivity index (χ3v) is 5.80. The van der Waals surface area contributed by atoms with Crippen molar-refractivity contribution in [2.45, 2.75) is 38.3 Å². The number of carbonyl (C=O) groups excluding carboxylic acids is 1. The minimum atomic E-state index is -0.891. The van der Waals surface area contributed by atoms with Crippen LogP contribution in [0.15, 0.2) is 65.7 Å². The number of amides is 2. The van der Waals surface area contributed by atoms with E-state index in [9.17, 15) is 9.59 Å². The van der Waals surface area contributed by atoms with Crippen molar-refractivity contribution in [2.24, 2.45) is 4.99 Å². The Morgan fingerprint density at radius 1 is 1.21 bits per heavy atom. The number of hydrogen-bond acceptors (Lipinski definition) is 5. The summed E-state index contributed by atoms with van der Waals surface area (Å²) in [4.78, 5) is 29.1. The molecule has 2 amide bonds. The Morgan fingerprint density at radius 2 is 1.94 bits per heavy atom. The van der Waals surface area contributed by atoms with Crippen LogP contribution in [-0.2, 0) is 11.2 Å². The molecule has 0 radical (unpaired) electrons. The lowest BCUT2D eigenvalue weighted by molar-refractivity contribution is -0.131. The third kappa shape index (κ3) is 6.77. The molecular weight excluding hydrogens is 430 g/mol. The number of likely N-dealkylation sites (tertiary alicyclic amines) is 1. The summed E-state index contributed by atoms with van der Waals surface area (Å²) in [6.07, 6.45) is 5.20. The fourth-order valence-corrected chi connectivity index (χ4v) is 4.08. The summed E-state index contributed by atoms with van der Waals surface area (Å²) in [7, 11) is 2.13. The zero-order valence-electron chi connectivity index (χ0n) is 19.4. The number of urea groups is 1. The number of carboxylic acids is 1. The quantitative estimate of drug-likeness (QED) is 0.595. The smallest absolute Gasteiger partial charge is 0.327 e. The second-order valence-corrected chi connectivity index (χ2v) is 8.25. The van der Waals surface area contributed by atoms with Crippen LogP contribution in [0.3, 0.4) is 0 Å². The number of aliphatic carboxylic acids is 1. The normalized spacial score (nSPS) is 19.3. The Morgan fingerprint density at radius 3 is 2.56 bits per heavy atom. The lowest BCUT2D eigenvalue weighted by Gasteiger charge is -2.37. The van der Waals surface area contributed by atoms with E-state index in [-0.39, 0.29) is 18.1 Å². The lowest BCUT2D eigenvalue weighted by Crippen LogP contribution is -2.52. The summed E-state index contributed by atoms with van der Waals surface area (Å²) in [5, 5.41) is 22.6. The van der Waals surface area contributed by atoms with Gasteiger partial charge in [0.25, 0.3) is 0 Å². The Hall–Kier alpha value is -3.96. The van der Waals surface area contributed by atoms with Crippen LogP contribution in [0, 0.1) is 11.3 Å². The first kappa shape index (κ1) is 24.7. The van der Waals surface area contributed by atoms with Crippen LogP contribution in [0.25, 0.3) is 0 Å². The first-order chi connectivity index (χ1) is 16.4. The standard InChI is InChI=1S/C22H23N5O.C4H6O2/c1-27-11-10-18(25-22(28)24-17-8-6-15(14-23)7-9-17)13-21(27)20-12-16-4-2-3-5-19(16)26-20;1-2-3-4(5)6/h2-9,18,21H,10-13H2,1H3,(H2,24,25,28);2-3H,1H3,(H,5,6)/b;3-2-/t18-,21-;/m1./s1. The van der Waals surface area contributed by atoms with E-state index in [1.807, 2.05) is 6.07 Å². The largest absolute Gasteiger partial charge is 0.478 e. The second-order valence-electron chi connectivity index (χ2n) is 8.25. The SMILES string of the molecule is C/C=C\C(=O)O.CN1CC[C@@H](NC(=O)Nc2ccc(C#N)cc2)C[C@@H]1C1=Nc2ccccc2C1. The van der Waals surface area contributed by atoms with Gasteiger partial charge < -0.3 is 15.7 Å². The van der Waals surface area contributed by atoms with Crippen molar-refractivity contribution in [1.82, 2.24) is 10.2 Å². The number of aliphatic imine (C=N–C) groups is 1. The van der Waals surface area contributed by atoms with Crippen molar-refractivity contribution >= 4 is 29.1 Å². The number of rotatable bonds is 4. The number of nitrogens with one attached hydrogen (secondary N) is 2. The molecule has 0 aliphatic carbocycles. The average molecular weight is 460 g/mol. The first-order valence-electron chi connectivity index (χ1n) is 11.2. The van der Waals surface area contributed by atoms with Gasteiger partial charge in [-0.1, -0.05) is 24.3 Å². The van der Waals surface area contributed by atoms with Crippen molar-refractivity contribution < 1.29 is 14.7 Å². The molecule has 8 heteroatoms. The topological polar surface area (TPSA) is 118 Å². The third-order valence-electron chi connectivity index (χ3n) is 5.80. The molecule has 0 unspecified atom stereocenters. The highest BCUT2D eigenvalue weighted by Gasteiger charge is 2.32. The van der Waals surface area contributed by atoms with Gasteiger partial charge in [0.05, 0.1) is 23.4 Å². The number of anilines is 1. The number of piperidine rings is 1. The number of benzene rings is 2. The monoisotopic (exact) mass is 459 g/mol. The Balaban J connectivity index is 0.000000481. The van der Waals surface area contributed by atoms with Gasteiger partial charge in [0.15, 0.2) is 0 Å². The van der Waals surface area contributed by atoms with Gasteiger partial charge in [-0.15, -0.1) is 0 Å². The number of hydrogen-bond donors (Lipinski definition) is 3. The molecule has 2 aliphatic heterocycles. The molecule has 2 aromatic carbocycles. The summed E-state index contributed by atoms with van der Waals surface area (Å²) in [5.74, 6) is -0.891. The lowest BCUT2D eigenvalue weighted by atomic mass is 9.92. The number of carboxylic acid groups (broad SMARTS) is 1. The fraction of sp³-hybridized carbons (Fsp3) is 0.308. The van der Waals surface area contributed by atoms with Crippen LogP contribution in [0.1, 0.15) is 30.9 Å². The van der Waals surface area contributed by atoms with Gasteiger partial charge in [0.2, 0.25) is 0 Å². The highest BCUT2D eigenvalue weighted by molar-refractivity contribution is 5.98. The Labute approximate surface area is 199 Å². The molecule has 0 aromatic heterocycles. The van der Waals surface area contributed by atoms with Gasteiger partial charge in [-0.25, -0.2) is 9.59 Å². The molecule has 0 saturated carbocycles. The second kappa shape index (κ2) is 11.8. The molecule has 1 fully saturated rings. The molecule has 2 aliphatic rings. The van der Waals surface area contributed by atoms with Crippen LogP contribution in [-0.4, -0.2) is 53.4 Å². The molecule has 2 atom stereocenters. The number of fused-ring (bicyclic) bond motifs is 1. The highest BCUT2D eigenvalue weighted by atomic mass is 16.4. The number of para-hydroxylation sites is 1. The van der Waals surface area contributed by atoms with Gasteiger partial charge in [-0.3, -0.25) is 9.89 Å². The van der Waals surface area contributed by atoms with Crippen molar-refractivity contribution in [3.05, 3.63) is 71.8 Å². The maximum atomic E-state index is 12.4. The molecule has 0 bridgehead atoms. The van der Waals surface area contributed by atoms with Gasteiger partial charge >= 0.3 is 12.0 Å². The van der Waals surface area contributed by atoms with Gasteiger partial charge in [0.1, 0.15) is 0 Å². The van der Waals surface area contributed by atoms with Crippen LogP contribution >= 0.6 is 0 Å². The minimum absolute atomic E-state index is 0.103. The summed E-state index contributed by atoms with van der Waals surface area (Å²) >= 11 is 0. The summed E-state index contributed by atoms with van der Waals surface area (Å²) in [6, 6.07) is 17.3.